The smallest absolute Gasteiger partial charge is 0.223 e. The number of benzene rings is 1. The monoisotopic (exact) mass is 413 g/mol. The van der Waals surface area contributed by atoms with Gasteiger partial charge < -0.3 is 15.3 Å². The van der Waals surface area contributed by atoms with Gasteiger partial charge in [-0.3, -0.25) is 9.69 Å². The lowest BCUT2D eigenvalue weighted by Crippen LogP contribution is -2.45. The maximum atomic E-state index is 13.0. The fourth-order valence-electron chi connectivity index (χ4n) is 5.89. The van der Waals surface area contributed by atoms with Crippen molar-refractivity contribution in [2.75, 3.05) is 39.8 Å². The number of piperidine rings is 1. The standard InChI is InChI=1S/C25H39N3O2/c1-27-17-11-20(12-18-27)24(30)26-19-25(21-7-3-2-4-8-21)13-9-22(23(29)10-14-25)28-15-5-6-16-28/h2-4,7-8,20,22-23,29H,5-6,9-19H2,1H3,(H,26,30)/t22-,23-,25-/m0/s1. The molecule has 1 amide bonds. The van der Waals surface area contributed by atoms with E-state index in [2.05, 4.69) is 52.5 Å². The third kappa shape index (κ3) is 4.90. The third-order valence-corrected chi connectivity index (χ3v) is 7.97. The number of aliphatic hydroxyl groups is 1. The van der Waals surface area contributed by atoms with E-state index in [-0.39, 0.29) is 29.4 Å². The fourth-order valence-corrected chi connectivity index (χ4v) is 5.89. The summed E-state index contributed by atoms with van der Waals surface area (Å²) < 4.78 is 0. The Balaban J connectivity index is 1.47. The number of aliphatic hydroxyl groups excluding tert-OH is 1. The summed E-state index contributed by atoms with van der Waals surface area (Å²) in [5.41, 5.74) is 1.22. The summed E-state index contributed by atoms with van der Waals surface area (Å²) >= 11 is 0. The highest BCUT2D eigenvalue weighted by molar-refractivity contribution is 5.78. The molecule has 1 aromatic rings. The highest BCUT2D eigenvalue weighted by atomic mass is 16.3. The normalized spacial score (nSPS) is 32.1. The zero-order chi connectivity index (χ0) is 21.0. The second-order valence-corrected chi connectivity index (χ2v) is 9.90. The Kier molecular flexibility index (Phi) is 7.12. The molecule has 0 spiro atoms. The Morgan fingerprint density at radius 2 is 1.70 bits per heavy atom. The number of likely N-dealkylation sites (tertiary alicyclic amines) is 2. The van der Waals surface area contributed by atoms with Crippen molar-refractivity contribution < 1.29 is 9.90 Å². The quantitative estimate of drug-likeness (QED) is 0.729. The zero-order valence-corrected chi connectivity index (χ0v) is 18.6. The molecule has 3 atom stereocenters. The van der Waals surface area contributed by atoms with Crippen molar-refractivity contribution in [1.29, 1.82) is 0 Å². The van der Waals surface area contributed by atoms with E-state index in [1.165, 1.54) is 18.4 Å². The second kappa shape index (κ2) is 9.80. The summed E-state index contributed by atoms with van der Waals surface area (Å²) in [6.45, 7) is 4.93. The second-order valence-electron chi connectivity index (χ2n) is 9.90. The number of hydrogen-bond acceptors (Lipinski definition) is 4. The molecule has 3 aliphatic rings. The molecule has 5 heteroatoms. The van der Waals surface area contributed by atoms with Crippen molar-refractivity contribution in [2.24, 2.45) is 5.92 Å². The van der Waals surface area contributed by atoms with Crippen LogP contribution in [0.2, 0.25) is 0 Å². The maximum Gasteiger partial charge on any atom is 0.223 e. The van der Waals surface area contributed by atoms with E-state index in [9.17, 15) is 9.90 Å². The Morgan fingerprint density at radius 1 is 1.03 bits per heavy atom. The number of carbonyl (C=O) groups is 1. The number of carbonyl (C=O) groups excluding carboxylic acids is 1. The number of amides is 1. The van der Waals surface area contributed by atoms with Crippen LogP contribution in [-0.2, 0) is 10.2 Å². The van der Waals surface area contributed by atoms with E-state index in [0.717, 1.165) is 64.7 Å². The van der Waals surface area contributed by atoms with E-state index >= 15 is 0 Å². The Bertz CT molecular complexity index is 683. The SMILES string of the molecule is CN1CCC(C(=O)NC[C@@]2(c3ccccc3)CC[C@H](O)[C@@H](N3CCCC3)CC2)CC1. The molecule has 166 valence electrons. The van der Waals surface area contributed by atoms with Gasteiger partial charge in [0.25, 0.3) is 0 Å². The molecule has 2 aliphatic heterocycles. The summed E-state index contributed by atoms with van der Waals surface area (Å²) in [6, 6.07) is 11.0. The van der Waals surface area contributed by atoms with Crippen molar-refractivity contribution in [3.63, 3.8) is 0 Å². The van der Waals surface area contributed by atoms with Gasteiger partial charge in [-0.05, 0) is 90.2 Å². The lowest BCUT2D eigenvalue weighted by atomic mass is 9.74. The molecule has 3 fully saturated rings. The zero-order valence-electron chi connectivity index (χ0n) is 18.6. The molecule has 1 aliphatic carbocycles. The van der Waals surface area contributed by atoms with Gasteiger partial charge in [0.1, 0.15) is 0 Å². The lowest BCUT2D eigenvalue weighted by molar-refractivity contribution is -0.126. The summed E-state index contributed by atoms with van der Waals surface area (Å²) in [7, 11) is 2.13. The van der Waals surface area contributed by atoms with Crippen LogP contribution in [0, 0.1) is 5.92 Å². The molecule has 1 aromatic carbocycles. The predicted octanol–water partition coefficient (Wildman–Crippen LogP) is 2.78. The van der Waals surface area contributed by atoms with Gasteiger partial charge in [0.05, 0.1) is 6.10 Å². The minimum atomic E-state index is -0.265. The van der Waals surface area contributed by atoms with Crippen LogP contribution in [0.15, 0.2) is 30.3 Å². The minimum absolute atomic E-state index is 0.0855. The van der Waals surface area contributed by atoms with Gasteiger partial charge in [-0.15, -0.1) is 0 Å². The van der Waals surface area contributed by atoms with E-state index < -0.39 is 0 Å². The maximum absolute atomic E-state index is 13.0. The van der Waals surface area contributed by atoms with Crippen molar-refractivity contribution in [3.8, 4) is 0 Å². The first kappa shape index (κ1) is 21.8. The highest BCUT2D eigenvalue weighted by Gasteiger charge is 2.40. The van der Waals surface area contributed by atoms with Gasteiger partial charge in [0, 0.05) is 23.9 Å². The lowest BCUT2D eigenvalue weighted by Gasteiger charge is -2.35. The third-order valence-electron chi connectivity index (χ3n) is 7.97. The Labute approximate surface area is 181 Å². The molecule has 0 aromatic heterocycles. The van der Waals surface area contributed by atoms with Gasteiger partial charge >= 0.3 is 0 Å². The van der Waals surface area contributed by atoms with E-state index in [1.807, 2.05) is 0 Å². The molecule has 0 radical (unpaired) electrons. The van der Waals surface area contributed by atoms with Gasteiger partial charge in [-0.1, -0.05) is 30.3 Å². The largest absolute Gasteiger partial charge is 0.391 e. The molecule has 5 nitrogen and oxygen atoms in total. The minimum Gasteiger partial charge on any atom is -0.391 e. The van der Waals surface area contributed by atoms with Crippen LogP contribution in [-0.4, -0.2) is 72.7 Å². The van der Waals surface area contributed by atoms with Crippen molar-refractivity contribution >= 4 is 5.91 Å². The topological polar surface area (TPSA) is 55.8 Å². The van der Waals surface area contributed by atoms with Crippen LogP contribution in [0.1, 0.15) is 56.9 Å². The van der Waals surface area contributed by atoms with E-state index in [4.69, 9.17) is 0 Å². The van der Waals surface area contributed by atoms with Crippen LogP contribution in [0.3, 0.4) is 0 Å². The van der Waals surface area contributed by atoms with Gasteiger partial charge in [0.15, 0.2) is 0 Å². The van der Waals surface area contributed by atoms with E-state index in [0.29, 0.717) is 6.54 Å². The summed E-state index contributed by atoms with van der Waals surface area (Å²) in [6.07, 6.45) is 7.89. The van der Waals surface area contributed by atoms with Crippen LogP contribution >= 0.6 is 0 Å². The first-order chi connectivity index (χ1) is 14.6. The van der Waals surface area contributed by atoms with Crippen molar-refractivity contribution in [3.05, 3.63) is 35.9 Å². The summed E-state index contributed by atoms with van der Waals surface area (Å²) in [5.74, 6) is 0.363. The molecule has 0 bridgehead atoms. The van der Waals surface area contributed by atoms with Crippen LogP contribution in [0.4, 0.5) is 0 Å². The first-order valence-corrected chi connectivity index (χ1v) is 12.0. The van der Waals surface area contributed by atoms with E-state index in [1.54, 1.807) is 0 Å². The Morgan fingerprint density at radius 3 is 2.40 bits per heavy atom. The van der Waals surface area contributed by atoms with Crippen LogP contribution in [0.5, 0.6) is 0 Å². The number of hydrogen-bond donors (Lipinski definition) is 2. The highest BCUT2D eigenvalue weighted by Crippen LogP contribution is 2.40. The van der Waals surface area contributed by atoms with Crippen LogP contribution in [0.25, 0.3) is 0 Å². The molecule has 30 heavy (non-hydrogen) atoms. The molecule has 2 N–H and O–H groups in total. The summed E-state index contributed by atoms with van der Waals surface area (Å²) in [4.78, 5) is 17.8. The average Bonchev–Trinajstić information content (AvgIpc) is 3.25. The summed E-state index contributed by atoms with van der Waals surface area (Å²) in [5, 5.41) is 14.3. The predicted molar refractivity (Wildman–Crippen MR) is 120 cm³/mol. The fraction of sp³-hybridized carbons (Fsp3) is 0.720. The molecular weight excluding hydrogens is 374 g/mol. The number of nitrogens with zero attached hydrogens (tertiary/aromatic N) is 2. The van der Waals surface area contributed by atoms with Crippen LogP contribution < -0.4 is 5.32 Å². The number of rotatable bonds is 5. The molecular formula is C25H39N3O2. The molecule has 1 saturated carbocycles. The molecule has 2 saturated heterocycles. The Hall–Kier alpha value is -1.43. The van der Waals surface area contributed by atoms with Gasteiger partial charge in [0.2, 0.25) is 5.91 Å². The average molecular weight is 414 g/mol. The van der Waals surface area contributed by atoms with Crippen molar-refractivity contribution in [2.45, 2.75) is 68.9 Å². The van der Waals surface area contributed by atoms with Gasteiger partial charge in [-0.2, -0.15) is 0 Å². The molecule has 0 unspecified atom stereocenters. The molecule has 2 heterocycles. The van der Waals surface area contributed by atoms with Gasteiger partial charge in [-0.25, -0.2) is 0 Å². The van der Waals surface area contributed by atoms with Crippen molar-refractivity contribution in [1.82, 2.24) is 15.1 Å². The molecule has 4 rings (SSSR count). The first-order valence-electron chi connectivity index (χ1n) is 12.0. The number of nitrogens with one attached hydrogen (secondary N) is 1.